The van der Waals surface area contributed by atoms with Gasteiger partial charge in [0.15, 0.2) is 10.9 Å². The molecule has 0 spiro atoms. The maximum atomic E-state index is 14.2. The molecule has 5 aromatic carbocycles. The minimum Gasteiger partial charge on any atom is -0.744 e. The van der Waals surface area contributed by atoms with Crippen molar-refractivity contribution in [1.82, 2.24) is 9.13 Å². The van der Waals surface area contributed by atoms with E-state index < -0.39 is 63.8 Å². The first kappa shape index (κ1) is 37.5. The molecule has 0 amide bonds. The molecule has 0 bridgehead atoms. The number of carbonyl (C=O) groups is 2. The molecule has 0 atom stereocenters. The summed E-state index contributed by atoms with van der Waals surface area (Å²) in [5.74, 6) is -1.98. The second-order valence-electron chi connectivity index (χ2n) is 10.8. The summed E-state index contributed by atoms with van der Waals surface area (Å²) >= 11 is 0. The molecular weight excluding hydrogens is 706 g/mol. The van der Waals surface area contributed by atoms with Crippen molar-refractivity contribution in [2.24, 2.45) is 0 Å². The fourth-order valence-corrected chi connectivity index (χ4v) is 7.32. The largest absolute Gasteiger partial charge is 1.00 e. The molecule has 0 fully saturated rings. The van der Waals surface area contributed by atoms with Crippen LogP contribution in [0.25, 0.3) is 43.6 Å². The first-order valence-corrected chi connectivity index (χ1v) is 16.8. The van der Waals surface area contributed by atoms with E-state index in [1.807, 2.05) is 0 Å². The molecule has 0 unspecified atom stereocenters. The summed E-state index contributed by atoms with van der Waals surface area (Å²) in [6.45, 7) is 0. The van der Waals surface area contributed by atoms with Crippen molar-refractivity contribution in [3.63, 3.8) is 0 Å². The van der Waals surface area contributed by atoms with Crippen LogP contribution in [0.15, 0.2) is 129 Å². The number of pyridine rings is 2. The Morgan fingerprint density at radius 2 is 0.780 bits per heavy atom. The summed E-state index contributed by atoms with van der Waals surface area (Å²) in [4.78, 5) is 54.8. The van der Waals surface area contributed by atoms with Gasteiger partial charge in [0, 0.05) is 21.5 Å². The Labute approximate surface area is 327 Å². The van der Waals surface area contributed by atoms with Gasteiger partial charge in [0.05, 0.1) is 43.0 Å². The van der Waals surface area contributed by atoms with E-state index in [-0.39, 0.29) is 103 Å². The van der Waals surface area contributed by atoms with Crippen molar-refractivity contribution in [2.75, 3.05) is 0 Å². The molecule has 7 rings (SSSR count). The molecule has 0 N–H and O–H groups in total. The molecule has 0 radical (unpaired) electrons. The Balaban J connectivity index is 0.00000243. The molecule has 7 aromatic rings. The van der Waals surface area contributed by atoms with Gasteiger partial charge in [0.2, 0.25) is 0 Å². The summed E-state index contributed by atoms with van der Waals surface area (Å²) in [6.07, 6.45) is 0. The number of para-hydroxylation sites is 2. The van der Waals surface area contributed by atoms with Gasteiger partial charge in [-0.05, 0) is 60.7 Å². The Bertz CT molecular complexity index is 2740. The number of aromatic nitrogens is 2. The third-order valence-electron chi connectivity index (χ3n) is 8.04. The average molecular weight is 725 g/mol. The SMILES string of the molecule is O=C(c1ccccc1S(=O)(=O)[O-])n1c2ccccc2c(=O)c2cc3c(cc21)c(=O)c1ccccc1n3C(=O)c1ccccc1S(=O)(=O)[O-].[Na+].[Na+]. The predicted molar refractivity (Wildman–Crippen MR) is 173 cm³/mol. The quantitative estimate of drug-likeness (QED) is 0.110. The van der Waals surface area contributed by atoms with E-state index in [1.54, 1.807) is 0 Å². The Hall–Kier alpha value is -3.80. The van der Waals surface area contributed by atoms with E-state index >= 15 is 0 Å². The molecule has 2 heterocycles. The smallest absolute Gasteiger partial charge is 0.744 e. The molecule has 238 valence electrons. The zero-order valence-electron chi connectivity index (χ0n) is 26.2. The molecule has 16 heteroatoms. The van der Waals surface area contributed by atoms with Crippen LogP contribution in [0.2, 0.25) is 0 Å². The van der Waals surface area contributed by atoms with Crippen LogP contribution in [0.3, 0.4) is 0 Å². The average Bonchev–Trinajstić information content (AvgIpc) is 3.07. The van der Waals surface area contributed by atoms with Crippen LogP contribution >= 0.6 is 0 Å². The van der Waals surface area contributed by atoms with Crippen LogP contribution in [0, 0.1) is 0 Å². The molecule has 0 saturated carbocycles. The normalized spacial score (nSPS) is 11.7. The zero-order valence-corrected chi connectivity index (χ0v) is 31.8. The van der Waals surface area contributed by atoms with Crippen molar-refractivity contribution < 1.29 is 94.6 Å². The van der Waals surface area contributed by atoms with Crippen LogP contribution in [-0.4, -0.2) is 46.9 Å². The summed E-state index contributed by atoms with van der Waals surface area (Å²) in [7, 11) is -10.2. The summed E-state index contributed by atoms with van der Waals surface area (Å²) < 4.78 is 74.8. The molecule has 50 heavy (non-hydrogen) atoms. The molecule has 0 saturated heterocycles. The molecule has 2 aromatic heterocycles. The van der Waals surface area contributed by atoms with E-state index in [2.05, 4.69) is 0 Å². The Morgan fingerprint density at radius 1 is 0.460 bits per heavy atom. The van der Waals surface area contributed by atoms with Crippen molar-refractivity contribution >= 4 is 75.7 Å². The van der Waals surface area contributed by atoms with Crippen LogP contribution in [0.5, 0.6) is 0 Å². The minimum atomic E-state index is -5.12. The fraction of sp³-hybridized carbons (Fsp3) is 0. The fourth-order valence-electron chi connectivity index (χ4n) is 5.98. The van der Waals surface area contributed by atoms with E-state index in [9.17, 15) is 45.1 Å². The van der Waals surface area contributed by atoms with Crippen LogP contribution in [0.4, 0.5) is 0 Å². The maximum absolute atomic E-state index is 14.2. The second-order valence-corrected chi connectivity index (χ2v) is 13.5. The minimum absolute atomic E-state index is 0. The van der Waals surface area contributed by atoms with E-state index in [0.717, 1.165) is 33.4 Å². The third-order valence-corrected chi connectivity index (χ3v) is 9.83. The van der Waals surface area contributed by atoms with E-state index in [1.165, 1.54) is 84.9 Å². The first-order chi connectivity index (χ1) is 22.8. The zero-order chi connectivity index (χ0) is 34.1. The van der Waals surface area contributed by atoms with Crippen molar-refractivity contribution in [1.29, 1.82) is 0 Å². The van der Waals surface area contributed by atoms with Crippen LogP contribution < -0.4 is 70.0 Å². The van der Waals surface area contributed by atoms with E-state index in [4.69, 9.17) is 0 Å². The van der Waals surface area contributed by atoms with Gasteiger partial charge in [-0.3, -0.25) is 28.3 Å². The summed E-state index contributed by atoms with van der Waals surface area (Å²) in [5, 5.41) is -0.302. The second kappa shape index (κ2) is 13.7. The molecule has 0 aliphatic rings. The number of fused-ring (bicyclic) bond motifs is 4. The van der Waals surface area contributed by atoms with Gasteiger partial charge in [-0.25, -0.2) is 16.8 Å². The Morgan fingerprint density at radius 3 is 1.14 bits per heavy atom. The number of carbonyl (C=O) groups excluding carboxylic acids is 2. The summed E-state index contributed by atoms with van der Waals surface area (Å²) in [6, 6.07) is 23.8. The number of nitrogens with zero attached hydrogens (tertiary/aromatic N) is 2. The monoisotopic (exact) mass is 724 g/mol. The molecule has 12 nitrogen and oxygen atoms in total. The number of hydrogen-bond donors (Lipinski definition) is 0. The molecular formula is C34H18N2Na2O10S2. The van der Waals surface area contributed by atoms with Gasteiger partial charge in [0.25, 0.3) is 11.8 Å². The van der Waals surface area contributed by atoms with Gasteiger partial charge in [-0.15, -0.1) is 0 Å². The van der Waals surface area contributed by atoms with Crippen molar-refractivity contribution in [3.8, 4) is 0 Å². The number of hydrogen-bond acceptors (Lipinski definition) is 10. The molecule has 0 aliphatic heterocycles. The Kier molecular flexibility index (Phi) is 10.3. The topological polar surface area (TPSA) is 193 Å². The van der Waals surface area contributed by atoms with Gasteiger partial charge < -0.3 is 9.11 Å². The standard InChI is InChI=1S/C34H20N2O10S2.2Na/c37-31-19-9-1-5-13-25(19)35(33(39)21-11-3-7-15-29(21)47(41,42)43)27-18-24-28(17-23(27)31)36(26-14-6-2-10-20(26)32(24)38)34(40)22-12-4-8-16-30(22)48(44,45)46;;/h1-18H,(H,41,42,43)(H,44,45,46);;/q;2*+1/p-2. The van der Waals surface area contributed by atoms with E-state index in [0.29, 0.717) is 0 Å². The van der Waals surface area contributed by atoms with Crippen molar-refractivity contribution in [2.45, 2.75) is 9.79 Å². The first-order valence-electron chi connectivity index (χ1n) is 14.0. The van der Waals surface area contributed by atoms with Gasteiger partial charge in [0.1, 0.15) is 20.2 Å². The van der Waals surface area contributed by atoms with Crippen LogP contribution in [0.1, 0.15) is 20.7 Å². The van der Waals surface area contributed by atoms with Gasteiger partial charge in [-0.1, -0.05) is 48.5 Å². The maximum Gasteiger partial charge on any atom is 1.00 e. The van der Waals surface area contributed by atoms with Crippen molar-refractivity contribution in [3.05, 3.63) is 141 Å². The van der Waals surface area contributed by atoms with Gasteiger partial charge >= 0.3 is 59.1 Å². The van der Waals surface area contributed by atoms with Gasteiger partial charge in [-0.2, -0.15) is 0 Å². The predicted octanol–water partition coefficient (Wildman–Crippen LogP) is -2.18. The summed E-state index contributed by atoms with van der Waals surface area (Å²) in [5.41, 5.74) is -2.37. The number of rotatable bonds is 4. The molecule has 0 aliphatic carbocycles. The third kappa shape index (κ3) is 6.11. The number of benzene rings is 5. The van der Waals surface area contributed by atoms with Crippen LogP contribution in [-0.2, 0) is 20.2 Å².